The van der Waals surface area contributed by atoms with Crippen LogP contribution < -0.4 is 16.5 Å². The van der Waals surface area contributed by atoms with E-state index in [4.69, 9.17) is 5.73 Å². The molecule has 1 unspecified atom stereocenters. The average Bonchev–Trinajstić information content (AvgIpc) is 2.65. The van der Waals surface area contributed by atoms with Crippen LogP contribution in [0.5, 0.6) is 0 Å². The number of hydrazone groups is 1. The van der Waals surface area contributed by atoms with Gasteiger partial charge in [0.1, 0.15) is 5.82 Å². The standard InChI is InChI=1S/C22H29FN4/c1-5-18(10-11-24)27-21-13-16(22-15(3)8-7-9-20(22)23)12-17(14-26-25-4)19(21)6-2/h6-9,12-14,18,25,27H,2,5,10-11,24H2,1,3-4H3/b26-14-. The molecule has 0 aliphatic rings. The molecule has 5 heteroatoms. The lowest BCUT2D eigenvalue weighted by atomic mass is 9.94. The van der Waals surface area contributed by atoms with Gasteiger partial charge in [0.15, 0.2) is 0 Å². The predicted octanol–water partition coefficient (Wildman–Crippen LogP) is 4.54. The third-order valence-electron chi connectivity index (χ3n) is 4.63. The second-order valence-corrected chi connectivity index (χ2v) is 6.47. The van der Waals surface area contributed by atoms with E-state index < -0.39 is 0 Å². The first-order valence-corrected chi connectivity index (χ1v) is 9.28. The van der Waals surface area contributed by atoms with Gasteiger partial charge in [-0.05, 0) is 55.6 Å². The maximum absolute atomic E-state index is 14.6. The van der Waals surface area contributed by atoms with E-state index in [1.165, 1.54) is 6.07 Å². The van der Waals surface area contributed by atoms with Crippen LogP contribution in [-0.4, -0.2) is 25.8 Å². The van der Waals surface area contributed by atoms with Gasteiger partial charge in [-0.3, -0.25) is 0 Å². The number of aryl methyl sites for hydroxylation is 1. The van der Waals surface area contributed by atoms with Crippen LogP contribution in [0.3, 0.4) is 0 Å². The molecule has 27 heavy (non-hydrogen) atoms. The van der Waals surface area contributed by atoms with E-state index in [-0.39, 0.29) is 11.9 Å². The summed E-state index contributed by atoms with van der Waals surface area (Å²) in [6.07, 6.45) is 5.32. The number of halogens is 1. The Morgan fingerprint density at radius 2 is 2.11 bits per heavy atom. The molecule has 2 rings (SSSR count). The Bertz CT molecular complexity index is 794. The molecular weight excluding hydrogens is 339 g/mol. The van der Waals surface area contributed by atoms with Crippen molar-refractivity contribution in [1.29, 1.82) is 0 Å². The van der Waals surface area contributed by atoms with Gasteiger partial charge in [0.05, 0.1) is 6.21 Å². The van der Waals surface area contributed by atoms with E-state index in [9.17, 15) is 4.39 Å². The molecule has 2 aromatic rings. The van der Waals surface area contributed by atoms with E-state index >= 15 is 0 Å². The second-order valence-electron chi connectivity index (χ2n) is 6.47. The number of rotatable bonds is 9. The highest BCUT2D eigenvalue weighted by atomic mass is 19.1. The summed E-state index contributed by atoms with van der Waals surface area (Å²) in [6, 6.07) is 9.29. The van der Waals surface area contributed by atoms with E-state index in [2.05, 4.69) is 29.3 Å². The summed E-state index contributed by atoms with van der Waals surface area (Å²) in [5, 5.41) is 7.70. The average molecular weight is 369 g/mol. The van der Waals surface area contributed by atoms with Crippen LogP contribution in [0.15, 0.2) is 42.0 Å². The lowest BCUT2D eigenvalue weighted by Gasteiger charge is -2.22. The van der Waals surface area contributed by atoms with Crippen molar-refractivity contribution in [2.45, 2.75) is 32.7 Å². The van der Waals surface area contributed by atoms with E-state index in [1.807, 2.05) is 25.1 Å². The van der Waals surface area contributed by atoms with Crippen molar-refractivity contribution < 1.29 is 4.39 Å². The van der Waals surface area contributed by atoms with Crippen molar-refractivity contribution >= 4 is 18.0 Å². The van der Waals surface area contributed by atoms with E-state index in [1.54, 1.807) is 25.4 Å². The van der Waals surface area contributed by atoms with E-state index in [0.717, 1.165) is 40.8 Å². The summed E-state index contributed by atoms with van der Waals surface area (Å²) in [7, 11) is 1.74. The Morgan fingerprint density at radius 3 is 2.70 bits per heavy atom. The van der Waals surface area contributed by atoms with Gasteiger partial charge in [0.2, 0.25) is 0 Å². The summed E-state index contributed by atoms with van der Waals surface area (Å²) in [4.78, 5) is 0. The molecule has 0 saturated carbocycles. The molecular formula is C22H29FN4. The summed E-state index contributed by atoms with van der Waals surface area (Å²) in [5.74, 6) is -0.238. The largest absolute Gasteiger partial charge is 0.382 e. The van der Waals surface area contributed by atoms with Crippen LogP contribution in [0.4, 0.5) is 10.1 Å². The molecule has 4 nitrogen and oxygen atoms in total. The van der Waals surface area contributed by atoms with Crippen molar-refractivity contribution in [3.63, 3.8) is 0 Å². The minimum absolute atomic E-state index is 0.236. The number of anilines is 1. The number of hydrogen-bond acceptors (Lipinski definition) is 4. The van der Waals surface area contributed by atoms with Gasteiger partial charge in [0, 0.05) is 35.5 Å². The molecule has 0 aliphatic heterocycles. The summed E-state index contributed by atoms with van der Waals surface area (Å²) in [6.45, 7) is 8.60. The highest BCUT2D eigenvalue weighted by molar-refractivity contribution is 5.92. The molecule has 0 fully saturated rings. The van der Waals surface area contributed by atoms with Crippen molar-refractivity contribution in [1.82, 2.24) is 5.43 Å². The van der Waals surface area contributed by atoms with Crippen molar-refractivity contribution in [2.24, 2.45) is 10.8 Å². The molecule has 0 radical (unpaired) electrons. The van der Waals surface area contributed by atoms with Gasteiger partial charge in [-0.1, -0.05) is 31.7 Å². The van der Waals surface area contributed by atoms with Gasteiger partial charge in [-0.25, -0.2) is 4.39 Å². The van der Waals surface area contributed by atoms with Crippen molar-refractivity contribution in [2.75, 3.05) is 18.9 Å². The Kier molecular flexibility index (Phi) is 7.55. The molecule has 0 amide bonds. The second kappa shape index (κ2) is 9.88. The number of benzene rings is 2. The maximum Gasteiger partial charge on any atom is 0.131 e. The first kappa shape index (κ1) is 20.6. The first-order valence-electron chi connectivity index (χ1n) is 9.28. The van der Waals surface area contributed by atoms with Crippen molar-refractivity contribution in [3.8, 4) is 11.1 Å². The normalized spacial score (nSPS) is 12.2. The van der Waals surface area contributed by atoms with Crippen LogP contribution in [0, 0.1) is 12.7 Å². The number of nitrogens with two attached hydrogens (primary N) is 1. The van der Waals surface area contributed by atoms with Crippen molar-refractivity contribution in [3.05, 3.63) is 59.4 Å². The zero-order chi connectivity index (χ0) is 19.8. The third kappa shape index (κ3) is 4.95. The minimum atomic E-state index is -0.238. The molecule has 0 saturated heterocycles. The van der Waals surface area contributed by atoms with Crippen LogP contribution in [0.2, 0.25) is 0 Å². The van der Waals surface area contributed by atoms with Crippen LogP contribution in [0.25, 0.3) is 17.2 Å². The van der Waals surface area contributed by atoms with Crippen LogP contribution >= 0.6 is 0 Å². The fraction of sp³-hybridized carbons (Fsp3) is 0.318. The SMILES string of the molecule is C=Cc1c(/C=N\NC)cc(-c2c(C)cccc2F)cc1NC(CC)CCN. The molecule has 0 heterocycles. The molecule has 4 N–H and O–H groups in total. The zero-order valence-electron chi connectivity index (χ0n) is 16.3. The lowest BCUT2D eigenvalue weighted by molar-refractivity contribution is 0.630. The fourth-order valence-electron chi connectivity index (χ4n) is 3.21. The monoisotopic (exact) mass is 368 g/mol. The Labute approximate surface area is 161 Å². The predicted molar refractivity (Wildman–Crippen MR) is 115 cm³/mol. The number of nitrogens with one attached hydrogen (secondary N) is 2. The Balaban J connectivity index is 2.66. The first-order chi connectivity index (χ1) is 13.0. The van der Waals surface area contributed by atoms with E-state index in [0.29, 0.717) is 12.1 Å². The van der Waals surface area contributed by atoms with Gasteiger partial charge >= 0.3 is 0 Å². The topological polar surface area (TPSA) is 62.4 Å². The van der Waals surface area contributed by atoms with Gasteiger partial charge in [-0.2, -0.15) is 5.10 Å². The molecule has 0 aliphatic carbocycles. The summed E-state index contributed by atoms with van der Waals surface area (Å²) in [5.41, 5.74) is 13.5. The Morgan fingerprint density at radius 1 is 1.33 bits per heavy atom. The van der Waals surface area contributed by atoms with Gasteiger partial charge < -0.3 is 16.5 Å². The molecule has 0 spiro atoms. The quantitative estimate of drug-likeness (QED) is 0.450. The fourth-order valence-corrected chi connectivity index (χ4v) is 3.21. The van der Waals surface area contributed by atoms with Gasteiger partial charge in [-0.15, -0.1) is 0 Å². The molecule has 0 bridgehead atoms. The summed E-state index contributed by atoms with van der Waals surface area (Å²) < 4.78 is 14.6. The highest BCUT2D eigenvalue weighted by Gasteiger charge is 2.15. The molecule has 144 valence electrons. The van der Waals surface area contributed by atoms with Gasteiger partial charge in [0.25, 0.3) is 0 Å². The van der Waals surface area contributed by atoms with Crippen LogP contribution in [0.1, 0.15) is 36.5 Å². The maximum atomic E-state index is 14.6. The lowest BCUT2D eigenvalue weighted by Crippen LogP contribution is -2.23. The molecule has 1 atom stereocenters. The zero-order valence-corrected chi connectivity index (χ0v) is 16.3. The van der Waals surface area contributed by atoms with Crippen LogP contribution in [-0.2, 0) is 0 Å². The molecule has 2 aromatic carbocycles. The Hall–Kier alpha value is -2.66. The third-order valence-corrected chi connectivity index (χ3v) is 4.63. The minimum Gasteiger partial charge on any atom is -0.382 e. The number of nitrogens with zero attached hydrogens (tertiary/aromatic N) is 1. The number of hydrogen-bond donors (Lipinski definition) is 3. The highest BCUT2D eigenvalue weighted by Crippen LogP contribution is 2.33. The smallest absolute Gasteiger partial charge is 0.131 e. The molecule has 0 aromatic heterocycles. The summed E-state index contributed by atoms with van der Waals surface area (Å²) >= 11 is 0.